The van der Waals surface area contributed by atoms with E-state index in [0.29, 0.717) is 13.2 Å². The van der Waals surface area contributed by atoms with Gasteiger partial charge in [0.2, 0.25) is 0 Å². The van der Waals surface area contributed by atoms with Crippen molar-refractivity contribution in [3.8, 4) is 11.5 Å². The Labute approximate surface area is 109 Å². The number of alkyl halides is 2. The molecule has 1 aromatic carbocycles. The third-order valence-corrected chi connectivity index (χ3v) is 3.04. The zero-order valence-corrected chi connectivity index (χ0v) is 10.2. The van der Waals surface area contributed by atoms with E-state index in [0.717, 1.165) is 24.8 Å². The van der Waals surface area contributed by atoms with Gasteiger partial charge < -0.3 is 18.9 Å². The summed E-state index contributed by atoms with van der Waals surface area (Å²) >= 11 is 0. The zero-order chi connectivity index (χ0) is 13.3. The van der Waals surface area contributed by atoms with Crippen LogP contribution < -0.4 is 9.47 Å². The lowest BCUT2D eigenvalue weighted by molar-refractivity contribution is -0.286. The van der Waals surface area contributed by atoms with Gasteiger partial charge in [-0.25, -0.2) is 0 Å². The highest BCUT2D eigenvalue weighted by Crippen LogP contribution is 2.41. The van der Waals surface area contributed by atoms with E-state index in [4.69, 9.17) is 9.47 Å². The van der Waals surface area contributed by atoms with Crippen molar-refractivity contribution in [2.24, 2.45) is 0 Å². The molecule has 1 fully saturated rings. The first-order valence-electron chi connectivity index (χ1n) is 6.24. The van der Waals surface area contributed by atoms with E-state index >= 15 is 0 Å². The summed E-state index contributed by atoms with van der Waals surface area (Å²) in [5.74, 6) is 0.0818. The Morgan fingerprint density at radius 3 is 2.84 bits per heavy atom. The number of halogens is 2. The summed E-state index contributed by atoms with van der Waals surface area (Å²) in [6, 6.07) is 4.63. The van der Waals surface area contributed by atoms with Crippen molar-refractivity contribution < 1.29 is 27.7 Å². The van der Waals surface area contributed by atoms with Crippen molar-refractivity contribution in [1.82, 2.24) is 0 Å². The fourth-order valence-electron chi connectivity index (χ4n) is 2.11. The van der Waals surface area contributed by atoms with Gasteiger partial charge in [0.15, 0.2) is 17.8 Å². The summed E-state index contributed by atoms with van der Waals surface area (Å²) in [5.41, 5.74) is 0.745. The van der Waals surface area contributed by atoms with Gasteiger partial charge in [0.1, 0.15) is 0 Å². The Balaban J connectivity index is 1.60. The SMILES string of the molecule is FC1(F)Oc2ccc(COC3CCCCO3)cc2O1. The van der Waals surface area contributed by atoms with Crippen molar-refractivity contribution in [2.75, 3.05) is 6.61 Å². The van der Waals surface area contributed by atoms with Crippen molar-refractivity contribution in [2.45, 2.75) is 38.5 Å². The summed E-state index contributed by atoms with van der Waals surface area (Å²) in [6.45, 7) is 1.00. The fraction of sp³-hybridized carbons (Fsp3) is 0.538. The molecule has 0 bridgehead atoms. The highest BCUT2D eigenvalue weighted by Gasteiger charge is 2.43. The minimum atomic E-state index is -3.58. The first kappa shape index (κ1) is 12.6. The summed E-state index contributed by atoms with van der Waals surface area (Å²) < 4.78 is 45.4. The van der Waals surface area contributed by atoms with Crippen LogP contribution in [0.25, 0.3) is 0 Å². The van der Waals surface area contributed by atoms with E-state index < -0.39 is 6.29 Å². The molecule has 0 aromatic heterocycles. The molecule has 1 atom stereocenters. The van der Waals surface area contributed by atoms with E-state index in [-0.39, 0.29) is 17.8 Å². The van der Waals surface area contributed by atoms with Crippen LogP contribution in [0.1, 0.15) is 24.8 Å². The predicted octanol–water partition coefficient (Wildman–Crippen LogP) is 3.05. The molecule has 0 radical (unpaired) electrons. The van der Waals surface area contributed by atoms with Gasteiger partial charge in [0.05, 0.1) is 6.61 Å². The van der Waals surface area contributed by atoms with Crippen LogP contribution in [0.4, 0.5) is 8.78 Å². The molecule has 0 aliphatic carbocycles. The van der Waals surface area contributed by atoms with Gasteiger partial charge in [-0.05, 0) is 37.0 Å². The maximum atomic E-state index is 12.8. The van der Waals surface area contributed by atoms with Gasteiger partial charge in [-0.1, -0.05) is 6.07 Å². The molecule has 19 heavy (non-hydrogen) atoms. The summed E-state index contributed by atoms with van der Waals surface area (Å²) in [5, 5.41) is 0. The predicted molar refractivity (Wildman–Crippen MR) is 61.0 cm³/mol. The van der Waals surface area contributed by atoms with Crippen LogP contribution in [-0.4, -0.2) is 19.2 Å². The molecule has 2 aliphatic rings. The molecule has 3 rings (SSSR count). The van der Waals surface area contributed by atoms with Crippen molar-refractivity contribution in [1.29, 1.82) is 0 Å². The molecule has 6 heteroatoms. The normalized spacial score (nSPS) is 24.4. The number of ether oxygens (including phenoxy) is 4. The lowest BCUT2D eigenvalue weighted by Crippen LogP contribution is -2.25. The maximum Gasteiger partial charge on any atom is 0.586 e. The van der Waals surface area contributed by atoms with E-state index in [2.05, 4.69) is 9.47 Å². The molecular formula is C13H14F2O4. The van der Waals surface area contributed by atoms with Gasteiger partial charge in [-0.3, -0.25) is 0 Å². The first-order valence-corrected chi connectivity index (χ1v) is 6.24. The summed E-state index contributed by atoms with van der Waals surface area (Å²) in [7, 11) is 0. The smallest absolute Gasteiger partial charge is 0.395 e. The largest absolute Gasteiger partial charge is 0.586 e. The topological polar surface area (TPSA) is 36.9 Å². The Morgan fingerprint density at radius 2 is 2.05 bits per heavy atom. The van der Waals surface area contributed by atoms with Crippen LogP contribution in [0.15, 0.2) is 18.2 Å². The Morgan fingerprint density at radius 1 is 1.21 bits per heavy atom. The van der Waals surface area contributed by atoms with Gasteiger partial charge >= 0.3 is 6.29 Å². The highest BCUT2D eigenvalue weighted by atomic mass is 19.3. The molecule has 104 valence electrons. The third kappa shape index (κ3) is 2.96. The maximum absolute atomic E-state index is 12.8. The van der Waals surface area contributed by atoms with Crippen molar-refractivity contribution >= 4 is 0 Å². The van der Waals surface area contributed by atoms with Crippen LogP contribution in [0, 0.1) is 0 Å². The molecule has 0 amide bonds. The lowest BCUT2D eigenvalue weighted by Gasteiger charge is -2.22. The second-order valence-electron chi connectivity index (χ2n) is 4.56. The fourth-order valence-corrected chi connectivity index (χ4v) is 2.11. The van der Waals surface area contributed by atoms with E-state index in [1.807, 2.05) is 0 Å². The second kappa shape index (κ2) is 4.94. The number of hydrogen-bond acceptors (Lipinski definition) is 4. The van der Waals surface area contributed by atoms with Crippen molar-refractivity contribution in [3.05, 3.63) is 23.8 Å². The van der Waals surface area contributed by atoms with Gasteiger partial charge in [0.25, 0.3) is 0 Å². The molecule has 0 spiro atoms. The molecule has 0 saturated carbocycles. The van der Waals surface area contributed by atoms with Crippen LogP contribution in [0.3, 0.4) is 0 Å². The van der Waals surface area contributed by atoms with Crippen LogP contribution in [0.5, 0.6) is 11.5 Å². The van der Waals surface area contributed by atoms with Crippen LogP contribution in [0.2, 0.25) is 0 Å². The van der Waals surface area contributed by atoms with Crippen LogP contribution in [-0.2, 0) is 16.1 Å². The lowest BCUT2D eigenvalue weighted by atomic mass is 10.2. The standard InChI is InChI=1S/C13H14F2O4/c14-13(15)18-10-5-4-9(7-11(10)19-13)8-17-12-3-1-2-6-16-12/h4-5,7,12H,1-3,6,8H2. The number of benzene rings is 1. The van der Waals surface area contributed by atoms with Gasteiger partial charge in [0, 0.05) is 6.61 Å². The minimum Gasteiger partial charge on any atom is -0.395 e. The highest BCUT2D eigenvalue weighted by molar-refractivity contribution is 5.45. The summed E-state index contributed by atoms with van der Waals surface area (Å²) in [6.07, 6.45) is -0.783. The van der Waals surface area contributed by atoms with Gasteiger partial charge in [-0.2, -0.15) is 0 Å². The Bertz CT molecular complexity index is 458. The number of hydrogen-bond donors (Lipinski definition) is 0. The molecule has 4 nitrogen and oxygen atoms in total. The van der Waals surface area contributed by atoms with Crippen LogP contribution >= 0.6 is 0 Å². The average Bonchev–Trinajstić information content (AvgIpc) is 2.70. The summed E-state index contributed by atoms with van der Waals surface area (Å²) in [4.78, 5) is 0. The van der Waals surface area contributed by atoms with E-state index in [1.165, 1.54) is 12.1 Å². The van der Waals surface area contributed by atoms with E-state index in [9.17, 15) is 8.78 Å². The van der Waals surface area contributed by atoms with E-state index in [1.54, 1.807) is 6.07 Å². The quantitative estimate of drug-likeness (QED) is 0.847. The minimum absolute atomic E-state index is 0.0377. The Kier molecular flexibility index (Phi) is 3.28. The van der Waals surface area contributed by atoms with Gasteiger partial charge in [-0.15, -0.1) is 8.78 Å². The monoisotopic (exact) mass is 272 g/mol. The first-order chi connectivity index (χ1) is 9.12. The molecular weight excluding hydrogens is 258 g/mol. The molecule has 1 saturated heterocycles. The number of fused-ring (bicyclic) bond motifs is 1. The van der Waals surface area contributed by atoms with Crippen molar-refractivity contribution in [3.63, 3.8) is 0 Å². The molecule has 2 heterocycles. The molecule has 0 N–H and O–H groups in total. The molecule has 2 aliphatic heterocycles. The number of rotatable bonds is 3. The molecule has 1 unspecified atom stereocenters. The second-order valence-corrected chi connectivity index (χ2v) is 4.56. The Hall–Kier alpha value is -1.40. The average molecular weight is 272 g/mol. The third-order valence-electron chi connectivity index (χ3n) is 3.04. The zero-order valence-electron chi connectivity index (χ0n) is 10.2. The molecule has 1 aromatic rings.